The summed E-state index contributed by atoms with van der Waals surface area (Å²) in [5.41, 5.74) is 3.38. The van der Waals surface area contributed by atoms with Crippen LogP contribution in [-0.2, 0) is 22.4 Å². The summed E-state index contributed by atoms with van der Waals surface area (Å²) in [5.74, 6) is -0.215. The number of rotatable bonds is 7. The Morgan fingerprint density at radius 2 is 1.88 bits per heavy atom. The number of amides is 2. The van der Waals surface area contributed by atoms with Crippen molar-refractivity contribution >= 4 is 17.5 Å². The number of nitrogens with zero attached hydrogens (tertiary/aromatic N) is 2. The van der Waals surface area contributed by atoms with Crippen LogP contribution >= 0.6 is 0 Å². The standard InChI is InChI=1S/C19H29N3O2/c1-5-14-8-7-9-15(6-2)18(14)22-13-16(12-17(22)23)19(24)20-10-11-21(3)4/h7-9,16H,5-6,10-13H2,1-4H3,(H,20,24). The van der Waals surface area contributed by atoms with Crippen molar-refractivity contribution < 1.29 is 9.59 Å². The average Bonchev–Trinajstić information content (AvgIpc) is 2.95. The van der Waals surface area contributed by atoms with E-state index in [1.165, 1.54) is 11.1 Å². The van der Waals surface area contributed by atoms with Crippen LogP contribution in [0.1, 0.15) is 31.4 Å². The van der Waals surface area contributed by atoms with Crippen LogP contribution in [0.25, 0.3) is 0 Å². The summed E-state index contributed by atoms with van der Waals surface area (Å²) in [6, 6.07) is 6.20. The van der Waals surface area contributed by atoms with Crippen LogP contribution in [-0.4, -0.2) is 50.4 Å². The average molecular weight is 331 g/mol. The molecule has 1 fully saturated rings. The molecule has 1 aromatic rings. The highest BCUT2D eigenvalue weighted by atomic mass is 16.2. The van der Waals surface area contributed by atoms with E-state index in [1.807, 2.05) is 30.0 Å². The van der Waals surface area contributed by atoms with Gasteiger partial charge >= 0.3 is 0 Å². The maximum absolute atomic E-state index is 12.5. The van der Waals surface area contributed by atoms with Crippen LogP contribution in [0.15, 0.2) is 18.2 Å². The molecule has 1 aliphatic rings. The topological polar surface area (TPSA) is 52.7 Å². The molecule has 1 aliphatic heterocycles. The molecule has 0 saturated carbocycles. The van der Waals surface area contributed by atoms with E-state index in [1.54, 1.807) is 0 Å². The highest BCUT2D eigenvalue weighted by Gasteiger charge is 2.36. The molecule has 1 aromatic carbocycles. The molecule has 0 bridgehead atoms. The summed E-state index contributed by atoms with van der Waals surface area (Å²) in [4.78, 5) is 28.7. The summed E-state index contributed by atoms with van der Waals surface area (Å²) in [6.07, 6.45) is 2.06. The van der Waals surface area contributed by atoms with Crippen molar-refractivity contribution in [2.45, 2.75) is 33.1 Å². The van der Waals surface area contributed by atoms with E-state index in [0.717, 1.165) is 25.1 Å². The second-order valence-corrected chi connectivity index (χ2v) is 6.63. The first-order valence-electron chi connectivity index (χ1n) is 8.81. The largest absolute Gasteiger partial charge is 0.355 e. The zero-order valence-corrected chi connectivity index (χ0v) is 15.3. The maximum Gasteiger partial charge on any atom is 0.227 e. The van der Waals surface area contributed by atoms with Crippen molar-refractivity contribution in [3.63, 3.8) is 0 Å². The number of hydrogen-bond donors (Lipinski definition) is 1. The van der Waals surface area contributed by atoms with Gasteiger partial charge in [0, 0.05) is 31.7 Å². The Balaban J connectivity index is 2.12. The van der Waals surface area contributed by atoms with Gasteiger partial charge < -0.3 is 15.1 Å². The summed E-state index contributed by atoms with van der Waals surface area (Å²) in [5, 5.41) is 2.95. The van der Waals surface area contributed by atoms with E-state index in [-0.39, 0.29) is 17.7 Å². The third kappa shape index (κ3) is 4.15. The molecule has 0 radical (unpaired) electrons. The fraction of sp³-hybridized carbons (Fsp3) is 0.579. The quantitative estimate of drug-likeness (QED) is 0.829. The number of benzene rings is 1. The summed E-state index contributed by atoms with van der Waals surface area (Å²) >= 11 is 0. The van der Waals surface area contributed by atoms with Crippen LogP contribution < -0.4 is 10.2 Å². The number of carbonyl (C=O) groups is 2. The lowest BCUT2D eigenvalue weighted by Crippen LogP contribution is -2.37. The van der Waals surface area contributed by atoms with Gasteiger partial charge in [0.1, 0.15) is 0 Å². The first-order chi connectivity index (χ1) is 11.5. The van der Waals surface area contributed by atoms with Crippen LogP contribution in [0, 0.1) is 5.92 Å². The summed E-state index contributed by atoms with van der Waals surface area (Å²) in [7, 11) is 3.95. The van der Waals surface area contributed by atoms with E-state index < -0.39 is 0 Å². The predicted octanol–water partition coefficient (Wildman–Crippen LogP) is 1.84. The minimum atomic E-state index is -0.255. The van der Waals surface area contributed by atoms with Gasteiger partial charge in [0.2, 0.25) is 11.8 Å². The van der Waals surface area contributed by atoms with Crippen molar-refractivity contribution in [1.29, 1.82) is 0 Å². The first kappa shape index (κ1) is 18.5. The van der Waals surface area contributed by atoms with Gasteiger partial charge in [-0.05, 0) is 38.1 Å². The van der Waals surface area contributed by atoms with E-state index in [4.69, 9.17) is 0 Å². The third-order valence-electron chi connectivity index (χ3n) is 4.59. The number of anilines is 1. The molecule has 132 valence electrons. The lowest BCUT2D eigenvalue weighted by Gasteiger charge is -2.23. The molecular weight excluding hydrogens is 302 g/mol. The van der Waals surface area contributed by atoms with Crippen LogP contribution in [0.4, 0.5) is 5.69 Å². The number of hydrogen-bond acceptors (Lipinski definition) is 3. The predicted molar refractivity (Wildman–Crippen MR) is 97.2 cm³/mol. The van der Waals surface area contributed by atoms with Gasteiger partial charge in [-0.15, -0.1) is 0 Å². The van der Waals surface area contributed by atoms with Crippen molar-refractivity contribution in [3.05, 3.63) is 29.3 Å². The molecular formula is C19H29N3O2. The molecule has 2 amide bonds. The smallest absolute Gasteiger partial charge is 0.227 e. The monoisotopic (exact) mass is 331 g/mol. The van der Waals surface area contributed by atoms with E-state index >= 15 is 0 Å². The van der Waals surface area contributed by atoms with Gasteiger partial charge in [-0.25, -0.2) is 0 Å². The van der Waals surface area contributed by atoms with Crippen molar-refractivity contribution in [1.82, 2.24) is 10.2 Å². The highest BCUT2D eigenvalue weighted by Crippen LogP contribution is 2.32. The number of carbonyl (C=O) groups excluding carboxylic acids is 2. The third-order valence-corrected chi connectivity index (χ3v) is 4.59. The van der Waals surface area contributed by atoms with E-state index in [0.29, 0.717) is 19.5 Å². The molecule has 1 unspecified atom stereocenters. The Bertz CT molecular complexity index is 576. The molecule has 1 N–H and O–H groups in total. The maximum atomic E-state index is 12.5. The van der Waals surface area contributed by atoms with Gasteiger partial charge in [0.15, 0.2) is 0 Å². The molecule has 5 heteroatoms. The minimum Gasteiger partial charge on any atom is -0.355 e. The zero-order chi connectivity index (χ0) is 17.7. The lowest BCUT2D eigenvalue weighted by atomic mass is 10.0. The Labute approximate surface area is 145 Å². The molecule has 0 aromatic heterocycles. The highest BCUT2D eigenvalue weighted by molar-refractivity contribution is 6.01. The number of likely N-dealkylation sites (N-methyl/N-ethyl adjacent to an activating group) is 1. The van der Waals surface area contributed by atoms with Crippen molar-refractivity contribution in [2.24, 2.45) is 5.92 Å². The lowest BCUT2D eigenvalue weighted by molar-refractivity contribution is -0.126. The molecule has 2 rings (SSSR count). The Morgan fingerprint density at radius 1 is 1.25 bits per heavy atom. The number of nitrogens with one attached hydrogen (secondary N) is 1. The van der Waals surface area contributed by atoms with E-state index in [9.17, 15) is 9.59 Å². The Kier molecular flexibility index (Phi) is 6.37. The van der Waals surface area contributed by atoms with Gasteiger partial charge in [0.05, 0.1) is 5.92 Å². The van der Waals surface area contributed by atoms with Crippen LogP contribution in [0.2, 0.25) is 0 Å². The summed E-state index contributed by atoms with van der Waals surface area (Å²) < 4.78 is 0. The molecule has 0 spiro atoms. The fourth-order valence-corrected chi connectivity index (χ4v) is 3.21. The first-order valence-corrected chi connectivity index (χ1v) is 8.81. The van der Waals surface area contributed by atoms with Crippen molar-refractivity contribution in [3.8, 4) is 0 Å². The fourth-order valence-electron chi connectivity index (χ4n) is 3.21. The van der Waals surface area contributed by atoms with Gasteiger partial charge in [0.25, 0.3) is 0 Å². The number of aryl methyl sites for hydroxylation is 2. The van der Waals surface area contributed by atoms with Crippen LogP contribution in [0.5, 0.6) is 0 Å². The van der Waals surface area contributed by atoms with Gasteiger partial charge in [-0.1, -0.05) is 32.0 Å². The molecule has 0 aliphatic carbocycles. The second-order valence-electron chi connectivity index (χ2n) is 6.63. The normalized spacial score (nSPS) is 17.6. The van der Waals surface area contributed by atoms with E-state index in [2.05, 4.69) is 31.3 Å². The van der Waals surface area contributed by atoms with Gasteiger partial charge in [-0.2, -0.15) is 0 Å². The van der Waals surface area contributed by atoms with Gasteiger partial charge in [-0.3, -0.25) is 9.59 Å². The second kappa shape index (κ2) is 8.29. The Morgan fingerprint density at radius 3 is 2.42 bits per heavy atom. The molecule has 5 nitrogen and oxygen atoms in total. The van der Waals surface area contributed by atoms with Crippen molar-refractivity contribution in [2.75, 3.05) is 38.6 Å². The SMILES string of the molecule is CCc1cccc(CC)c1N1CC(C(=O)NCCN(C)C)CC1=O. The number of para-hydroxylation sites is 1. The van der Waals surface area contributed by atoms with Crippen LogP contribution in [0.3, 0.4) is 0 Å². The molecule has 1 heterocycles. The minimum absolute atomic E-state index is 0.0141. The zero-order valence-electron chi connectivity index (χ0n) is 15.3. The summed E-state index contributed by atoms with van der Waals surface area (Å²) in [6.45, 7) is 6.10. The molecule has 1 atom stereocenters. The Hall–Kier alpha value is -1.88. The molecule has 24 heavy (non-hydrogen) atoms. The molecule has 1 saturated heterocycles.